The Labute approximate surface area is 149 Å². The second-order valence-corrected chi connectivity index (χ2v) is 6.96. The van der Waals surface area contributed by atoms with Crippen molar-refractivity contribution in [3.8, 4) is 5.75 Å². The SMILES string of the molecule is O=C1SC(=Cc2cc(Cl)cc(Br)c2O)C(=O)N1c1ccccc1. The molecule has 1 saturated heterocycles. The van der Waals surface area contributed by atoms with Crippen LogP contribution in [0.15, 0.2) is 51.8 Å². The van der Waals surface area contributed by atoms with Crippen LogP contribution < -0.4 is 4.90 Å². The van der Waals surface area contributed by atoms with Crippen molar-refractivity contribution in [2.24, 2.45) is 0 Å². The predicted octanol–water partition coefficient (Wildman–Crippen LogP) is 5.05. The van der Waals surface area contributed by atoms with Crippen molar-refractivity contribution in [1.29, 1.82) is 0 Å². The fourth-order valence-corrected chi connectivity index (χ4v) is 3.77. The Morgan fingerprint density at radius 1 is 1.17 bits per heavy atom. The van der Waals surface area contributed by atoms with E-state index in [1.54, 1.807) is 36.4 Å². The number of carbonyl (C=O) groups is 2. The van der Waals surface area contributed by atoms with Gasteiger partial charge in [0.2, 0.25) is 0 Å². The zero-order valence-corrected chi connectivity index (χ0v) is 14.7. The number of rotatable bonds is 2. The van der Waals surface area contributed by atoms with E-state index >= 15 is 0 Å². The molecule has 0 unspecified atom stereocenters. The van der Waals surface area contributed by atoms with E-state index in [2.05, 4.69) is 15.9 Å². The van der Waals surface area contributed by atoms with Gasteiger partial charge in [0.25, 0.3) is 11.1 Å². The molecule has 2 aromatic carbocycles. The van der Waals surface area contributed by atoms with Crippen LogP contribution in [0.25, 0.3) is 6.08 Å². The second-order valence-electron chi connectivity index (χ2n) is 4.68. The maximum Gasteiger partial charge on any atom is 0.298 e. The van der Waals surface area contributed by atoms with Crippen LogP contribution in [0, 0.1) is 0 Å². The number of hydrogen-bond acceptors (Lipinski definition) is 4. The number of carbonyl (C=O) groups excluding carboxylic acids is 2. The molecule has 0 spiro atoms. The summed E-state index contributed by atoms with van der Waals surface area (Å²) in [7, 11) is 0. The molecule has 4 nitrogen and oxygen atoms in total. The Morgan fingerprint density at radius 2 is 1.87 bits per heavy atom. The van der Waals surface area contributed by atoms with Crippen molar-refractivity contribution in [2.75, 3.05) is 4.90 Å². The molecule has 1 aliphatic heterocycles. The quantitative estimate of drug-likeness (QED) is 0.704. The lowest BCUT2D eigenvalue weighted by Gasteiger charge is -2.11. The maximum atomic E-state index is 12.5. The summed E-state index contributed by atoms with van der Waals surface area (Å²) in [6, 6.07) is 11.8. The van der Waals surface area contributed by atoms with Crippen LogP contribution in [0.2, 0.25) is 5.02 Å². The molecule has 1 aliphatic rings. The third-order valence-corrected chi connectivity index (χ3v) is 4.84. The second kappa shape index (κ2) is 6.39. The van der Waals surface area contributed by atoms with E-state index in [4.69, 9.17) is 11.6 Å². The van der Waals surface area contributed by atoms with Gasteiger partial charge in [0.05, 0.1) is 15.1 Å². The number of imide groups is 1. The number of halogens is 2. The molecule has 0 bridgehead atoms. The van der Waals surface area contributed by atoms with E-state index in [1.807, 2.05) is 0 Å². The summed E-state index contributed by atoms with van der Waals surface area (Å²) in [5, 5.41) is 10.1. The Bertz CT molecular complexity index is 839. The van der Waals surface area contributed by atoms with E-state index in [0.717, 1.165) is 16.7 Å². The number of amides is 2. The van der Waals surface area contributed by atoms with Crippen LogP contribution >= 0.6 is 39.3 Å². The minimum atomic E-state index is -0.429. The number of nitrogens with zero attached hydrogens (tertiary/aromatic N) is 1. The first kappa shape index (κ1) is 16.1. The molecule has 0 aromatic heterocycles. The number of benzene rings is 2. The predicted molar refractivity (Wildman–Crippen MR) is 95.7 cm³/mol. The lowest BCUT2D eigenvalue weighted by Crippen LogP contribution is -2.27. The number of anilines is 1. The van der Waals surface area contributed by atoms with Gasteiger partial charge in [-0.3, -0.25) is 9.59 Å². The van der Waals surface area contributed by atoms with Crippen LogP contribution in [0.5, 0.6) is 5.75 Å². The van der Waals surface area contributed by atoms with Crippen molar-refractivity contribution < 1.29 is 14.7 Å². The summed E-state index contributed by atoms with van der Waals surface area (Å²) in [5.74, 6) is -0.470. The number of thioether (sulfide) groups is 1. The van der Waals surface area contributed by atoms with Gasteiger partial charge in [0.15, 0.2) is 0 Å². The van der Waals surface area contributed by atoms with Gasteiger partial charge in [-0.1, -0.05) is 29.8 Å². The number of phenolic OH excluding ortho intramolecular Hbond substituents is 1. The molecular formula is C16H9BrClNO3S. The Balaban J connectivity index is 2.00. The first-order valence-electron chi connectivity index (χ1n) is 6.48. The van der Waals surface area contributed by atoms with Crippen molar-refractivity contribution in [2.45, 2.75) is 0 Å². The van der Waals surface area contributed by atoms with Crippen molar-refractivity contribution in [3.63, 3.8) is 0 Å². The molecule has 0 aliphatic carbocycles. The number of aromatic hydroxyl groups is 1. The fraction of sp³-hybridized carbons (Fsp3) is 0. The number of phenols is 1. The molecule has 2 aromatic rings. The molecule has 3 rings (SSSR count). The lowest BCUT2D eigenvalue weighted by atomic mass is 10.2. The van der Waals surface area contributed by atoms with E-state index in [9.17, 15) is 14.7 Å². The zero-order chi connectivity index (χ0) is 16.6. The summed E-state index contributed by atoms with van der Waals surface area (Å²) in [6.07, 6.45) is 1.46. The van der Waals surface area contributed by atoms with Gasteiger partial charge in [0, 0.05) is 10.6 Å². The van der Waals surface area contributed by atoms with Gasteiger partial charge in [-0.25, -0.2) is 4.90 Å². The van der Waals surface area contributed by atoms with Crippen LogP contribution in [-0.4, -0.2) is 16.3 Å². The van der Waals surface area contributed by atoms with Crippen LogP contribution in [0.4, 0.5) is 10.5 Å². The first-order chi connectivity index (χ1) is 11.0. The highest BCUT2D eigenvalue weighted by molar-refractivity contribution is 9.10. The van der Waals surface area contributed by atoms with Gasteiger partial charge in [0.1, 0.15) is 5.75 Å². The zero-order valence-electron chi connectivity index (χ0n) is 11.5. The maximum absolute atomic E-state index is 12.5. The largest absolute Gasteiger partial charge is 0.506 e. The van der Waals surface area contributed by atoms with Gasteiger partial charge in [-0.05, 0) is 58.0 Å². The first-order valence-corrected chi connectivity index (χ1v) is 8.47. The van der Waals surface area contributed by atoms with Gasteiger partial charge >= 0.3 is 0 Å². The molecule has 1 heterocycles. The molecule has 2 amide bonds. The van der Waals surface area contributed by atoms with Crippen LogP contribution in [-0.2, 0) is 4.79 Å². The number of para-hydroxylation sites is 1. The lowest BCUT2D eigenvalue weighted by molar-refractivity contribution is -0.113. The highest BCUT2D eigenvalue weighted by atomic mass is 79.9. The third-order valence-electron chi connectivity index (χ3n) is 3.15. The van der Waals surface area contributed by atoms with Gasteiger partial charge in [-0.2, -0.15) is 0 Å². The molecule has 7 heteroatoms. The standard InChI is InChI=1S/C16H9BrClNO3S/c17-12-8-10(18)6-9(14(12)20)7-13-15(21)19(16(22)23-13)11-4-2-1-3-5-11/h1-8,20H. The molecule has 1 N–H and O–H groups in total. The monoisotopic (exact) mass is 409 g/mol. The molecule has 0 radical (unpaired) electrons. The fourth-order valence-electron chi connectivity index (χ4n) is 2.10. The van der Waals surface area contributed by atoms with Gasteiger partial charge < -0.3 is 5.11 Å². The normalized spacial score (nSPS) is 16.4. The molecule has 116 valence electrons. The number of hydrogen-bond donors (Lipinski definition) is 1. The van der Waals surface area contributed by atoms with E-state index in [0.29, 0.717) is 20.7 Å². The summed E-state index contributed by atoms with van der Waals surface area (Å²) in [6.45, 7) is 0. The van der Waals surface area contributed by atoms with Crippen molar-refractivity contribution in [3.05, 3.63) is 62.4 Å². The van der Waals surface area contributed by atoms with Crippen LogP contribution in [0.1, 0.15) is 5.56 Å². The Morgan fingerprint density at radius 3 is 2.57 bits per heavy atom. The average molecular weight is 411 g/mol. The van der Waals surface area contributed by atoms with E-state index < -0.39 is 5.91 Å². The van der Waals surface area contributed by atoms with Crippen LogP contribution in [0.3, 0.4) is 0 Å². The highest BCUT2D eigenvalue weighted by Gasteiger charge is 2.36. The van der Waals surface area contributed by atoms with E-state index in [-0.39, 0.29) is 15.9 Å². The van der Waals surface area contributed by atoms with Gasteiger partial charge in [-0.15, -0.1) is 0 Å². The summed E-state index contributed by atoms with van der Waals surface area (Å²) in [5.41, 5.74) is 0.873. The third kappa shape index (κ3) is 3.15. The smallest absolute Gasteiger partial charge is 0.298 e. The minimum Gasteiger partial charge on any atom is -0.506 e. The summed E-state index contributed by atoms with van der Waals surface area (Å²) in [4.78, 5) is 26.0. The summed E-state index contributed by atoms with van der Waals surface area (Å²) < 4.78 is 0.415. The van der Waals surface area contributed by atoms with Crippen molar-refractivity contribution >= 4 is 62.2 Å². The molecule has 0 atom stereocenters. The Hall–Kier alpha value is -1.76. The summed E-state index contributed by atoms with van der Waals surface area (Å²) >= 11 is 9.97. The Kier molecular flexibility index (Phi) is 4.48. The molecule has 23 heavy (non-hydrogen) atoms. The molecule has 1 fully saturated rings. The minimum absolute atomic E-state index is 0.0408. The molecule has 0 saturated carbocycles. The highest BCUT2D eigenvalue weighted by Crippen LogP contribution is 2.38. The molecular weight excluding hydrogens is 402 g/mol. The average Bonchev–Trinajstić information content (AvgIpc) is 2.79. The van der Waals surface area contributed by atoms with Crippen molar-refractivity contribution in [1.82, 2.24) is 0 Å². The topological polar surface area (TPSA) is 57.6 Å². The van der Waals surface area contributed by atoms with E-state index in [1.165, 1.54) is 12.1 Å².